The summed E-state index contributed by atoms with van der Waals surface area (Å²) in [5.41, 5.74) is 11.2. The van der Waals surface area contributed by atoms with Gasteiger partial charge in [-0.2, -0.15) is 0 Å². The number of nitrogens with zero attached hydrogens (tertiary/aromatic N) is 1. The quantitative estimate of drug-likeness (QED) is 0.0992. The van der Waals surface area contributed by atoms with E-state index in [0.29, 0.717) is 19.5 Å². The highest BCUT2D eigenvalue weighted by atomic mass is 16.4. The average Bonchev–Trinajstić information content (AvgIpc) is 3.54. The van der Waals surface area contributed by atoms with Gasteiger partial charge in [-0.1, -0.05) is 13.8 Å². The Hall–Kier alpha value is -3.34. The molecule has 0 spiro atoms. The molecule has 0 saturated carbocycles. The van der Waals surface area contributed by atoms with Crippen LogP contribution in [0.5, 0.6) is 0 Å². The first-order valence-electron chi connectivity index (χ1n) is 11.5. The van der Waals surface area contributed by atoms with Crippen molar-refractivity contribution in [3.63, 3.8) is 0 Å². The Bertz CT molecular complexity index is 865. The average molecular weight is 515 g/mol. The van der Waals surface area contributed by atoms with E-state index in [9.17, 15) is 33.9 Å². The first kappa shape index (κ1) is 28.9. The maximum Gasteiger partial charge on any atom is 0.326 e. The highest BCUT2D eigenvalue weighted by Crippen LogP contribution is 2.23. The van der Waals surface area contributed by atoms with Gasteiger partial charge in [-0.15, -0.1) is 0 Å². The number of hydrogen-bond acceptors (Lipinski definition) is 10. The van der Waals surface area contributed by atoms with E-state index in [2.05, 4.69) is 32.1 Å². The van der Waals surface area contributed by atoms with Gasteiger partial charge in [0.05, 0.1) is 19.5 Å². The Balaban J connectivity index is 1.94. The minimum absolute atomic E-state index is 0.0255. The number of carbonyl (C=O) groups is 6. The maximum atomic E-state index is 12.8. The van der Waals surface area contributed by atoms with Crippen molar-refractivity contribution in [1.82, 2.24) is 37.0 Å². The summed E-state index contributed by atoms with van der Waals surface area (Å²) in [4.78, 5) is 73.7. The number of rotatable bonds is 14. The SMILES string of the molecule is CC(C)[C@H](NC(=O)[C@H](CC(=O)O)NC(=O)CNC(=O)[C@@H]1C[C@H](CNC2NN2)CN1C(=O)CN)C(=O)O. The smallest absolute Gasteiger partial charge is 0.326 e. The van der Waals surface area contributed by atoms with Crippen molar-refractivity contribution >= 4 is 35.6 Å². The Kier molecular flexibility index (Phi) is 10.5. The van der Waals surface area contributed by atoms with Crippen molar-refractivity contribution in [1.29, 1.82) is 0 Å². The molecular weight excluding hydrogens is 480 g/mol. The normalized spacial score (nSPS) is 20.9. The van der Waals surface area contributed by atoms with E-state index in [4.69, 9.17) is 10.8 Å². The van der Waals surface area contributed by atoms with Gasteiger partial charge < -0.3 is 36.8 Å². The Morgan fingerprint density at radius 2 is 1.75 bits per heavy atom. The first-order valence-corrected chi connectivity index (χ1v) is 11.5. The molecule has 0 aromatic carbocycles. The topological polar surface area (TPSA) is 264 Å². The number of hydrogen-bond donors (Lipinski definition) is 9. The van der Waals surface area contributed by atoms with Gasteiger partial charge in [0.25, 0.3) is 0 Å². The van der Waals surface area contributed by atoms with Crippen LogP contribution in [0.3, 0.4) is 0 Å². The molecule has 2 aliphatic heterocycles. The molecule has 2 heterocycles. The van der Waals surface area contributed by atoms with E-state index in [1.165, 1.54) is 4.90 Å². The molecule has 0 bridgehead atoms. The number of nitrogens with two attached hydrogens (primary N) is 1. The lowest BCUT2D eigenvalue weighted by atomic mass is 10.0. The van der Waals surface area contributed by atoms with Gasteiger partial charge in [-0.05, 0) is 18.3 Å². The van der Waals surface area contributed by atoms with Crippen LogP contribution in [0.25, 0.3) is 0 Å². The van der Waals surface area contributed by atoms with Gasteiger partial charge in [0.15, 0.2) is 0 Å². The molecule has 16 nitrogen and oxygen atoms in total. The third-order valence-corrected chi connectivity index (χ3v) is 5.77. The van der Waals surface area contributed by atoms with E-state index in [-0.39, 0.29) is 18.8 Å². The third-order valence-electron chi connectivity index (χ3n) is 5.77. The fourth-order valence-electron chi connectivity index (χ4n) is 3.82. The summed E-state index contributed by atoms with van der Waals surface area (Å²) in [6, 6.07) is -3.69. The number of hydrazine groups is 1. The van der Waals surface area contributed by atoms with Gasteiger partial charge in [0.2, 0.25) is 23.6 Å². The van der Waals surface area contributed by atoms with Crippen molar-refractivity contribution in [3.8, 4) is 0 Å². The molecule has 2 fully saturated rings. The van der Waals surface area contributed by atoms with Crippen LogP contribution in [0, 0.1) is 11.8 Å². The molecule has 2 rings (SSSR count). The van der Waals surface area contributed by atoms with Gasteiger partial charge >= 0.3 is 11.9 Å². The second-order valence-corrected chi connectivity index (χ2v) is 9.00. The predicted molar refractivity (Wildman–Crippen MR) is 122 cm³/mol. The molecule has 10 N–H and O–H groups in total. The summed E-state index contributed by atoms with van der Waals surface area (Å²) < 4.78 is 0. The minimum atomic E-state index is -1.56. The van der Waals surface area contributed by atoms with E-state index in [1.54, 1.807) is 13.8 Å². The summed E-state index contributed by atoms with van der Waals surface area (Å²) >= 11 is 0. The number of amides is 4. The maximum absolute atomic E-state index is 12.8. The summed E-state index contributed by atoms with van der Waals surface area (Å²) in [6.45, 7) is 3.08. The fourth-order valence-corrected chi connectivity index (χ4v) is 3.82. The molecule has 16 heteroatoms. The largest absolute Gasteiger partial charge is 0.481 e. The zero-order chi connectivity index (χ0) is 27.0. The predicted octanol–water partition coefficient (Wildman–Crippen LogP) is -4.56. The Morgan fingerprint density at radius 3 is 2.28 bits per heavy atom. The van der Waals surface area contributed by atoms with Crippen LogP contribution in [0.15, 0.2) is 0 Å². The van der Waals surface area contributed by atoms with Crippen LogP contribution >= 0.6 is 0 Å². The van der Waals surface area contributed by atoms with Gasteiger partial charge in [0, 0.05) is 13.1 Å². The molecule has 4 amide bonds. The lowest BCUT2D eigenvalue weighted by molar-refractivity contribution is -0.144. The van der Waals surface area contributed by atoms with Crippen LogP contribution in [0.1, 0.15) is 26.7 Å². The standard InChI is InChI=1S/C20H34N8O8/c1-9(2)16(19(35)36)25-17(33)11(4-15(31)32)24-13(29)7-22-18(34)12-3-10(6-23-20-26-27-20)8-28(12)14(30)5-21/h9-12,16,20,23,26-27H,3-8,21H2,1-2H3,(H,22,34)(H,24,29)(H,25,33)(H,31,32)(H,35,36)/t10-,11+,12+,16+/m1/s1. The van der Waals surface area contributed by atoms with E-state index < -0.39 is 72.6 Å². The summed E-state index contributed by atoms with van der Waals surface area (Å²) in [5.74, 6) is -6.08. The second kappa shape index (κ2) is 13.1. The lowest BCUT2D eigenvalue weighted by Crippen LogP contribution is -2.55. The van der Waals surface area contributed by atoms with E-state index in [1.807, 2.05) is 0 Å². The molecule has 2 saturated heterocycles. The summed E-state index contributed by atoms with van der Waals surface area (Å²) in [6.07, 6.45) is -0.478. The molecule has 0 unspecified atom stereocenters. The van der Waals surface area contributed by atoms with Gasteiger partial charge in [-0.3, -0.25) is 29.3 Å². The number of nitrogens with one attached hydrogen (secondary N) is 6. The molecule has 36 heavy (non-hydrogen) atoms. The number of carbonyl (C=O) groups excluding carboxylic acids is 4. The number of carboxylic acids is 2. The number of likely N-dealkylation sites (tertiary alicyclic amines) is 1. The monoisotopic (exact) mass is 514 g/mol. The highest BCUT2D eigenvalue weighted by Gasteiger charge is 2.39. The number of carboxylic acid groups (broad SMARTS) is 2. The molecule has 0 aromatic rings. The van der Waals surface area contributed by atoms with Crippen molar-refractivity contribution in [2.24, 2.45) is 17.6 Å². The minimum Gasteiger partial charge on any atom is -0.481 e. The van der Waals surface area contributed by atoms with Crippen molar-refractivity contribution in [2.75, 3.05) is 26.2 Å². The molecule has 2 aliphatic rings. The van der Waals surface area contributed by atoms with E-state index in [0.717, 1.165) is 0 Å². The summed E-state index contributed by atoms with van der Waals surface area (Å²) in [7, 11) is 0. The van der Waals surface area contributed by atoms with E-state index >= 15 is 0 Å². The van der Waals surface area contributed by atoms with Crippen LogP contribution in [-0.2, 0) is 28.8 Å². The van der Waals surface area contributed by atoms with Crippen LogP contribution < -0.4 is 37.9 Å². The number of aliphatic carboxylic acids is 2. The lowest BCUT2D eigenvalue weighted by Gasteiger charge is -2.24. The molecule has 0 aromatic heterocycles. The van der Waals surface area contributed by atoms with Crippen molar-refractivity contribution in [2.45, 2.75) is 51.1 Å². The fraction of sp³-hybridized carbons (Fsp3) is 0.700. The first-order chi connectivity index (χ1) is 16.9. The molecule has 202 valence electrons. The third kappa shape index (κ3) is 8.71. The van der Waals surface area contributed by atoms with Crippen molar-refractivity contribution < 1.29 is 39.0 Å². The molecule has 0 radical (unpaired) electrons. The Morgan fingerprint density at radius 1 is 1.08 bits per heavy atom. The zero-order valence-electron chi connectivity index (χ0n) is 20.1. The van der Waals surface area contributed by atoms with Crippen LogP contribution in [0.4, 0.5) is 0 Å². The zero-order valence-corrected chi connectivity index (χ0v) is 20.1. The van der Waals surface area contributed by atoms with Gasteiger partial charge in [0.1, 0.15) is 24.4 Å². The van der Waals surface area contributed by atoms with Crippen LogP contribution in [-0.4, -0.2) is 101 Å². The highest BCUT2D eigenvalue weighted by molar-refractivity contribution is 5.95. The molecule has 4 atom stereocenters. The van der Waals surface area contributed by atoms with Gasteiger partial charge in [-0.25, -0.2) is 15.6 Å². The Labute approximate surface area is 207 Å². The molecular formula is C20H34N8O8. The molecule has 0 aliphatic carbocycles. The van der Waals surface area contributed by atoms with Crippen molar-refractivity contribution in [3.05, 3.63) is 0 Å². The second-order valence-electron chi connectivity index (χ2n) is 9.00. The summed E-state index contributed by atoms with van der Waals surface area (Å²) in [5, 5.41) is 28.3. The van der Waals surface area contributed by atoms with Crippen LogP contribution in [0.2, 0.25) is 0 Å².